The van der Waals surface area contributed by atoms with Gasteiger partial charge in [0, 0.05) is 25.1 Å². The van der Waals surface area contributed by atoms with E-state index >= 15 is 0 Å². The fourth-order valence-corrected chi connectivity index (χ4v) is 5.49. The van der Waals surface area contributed by atoms with E-state index in [1.165, 1.54) is 10.6 Å². The first-order valence-corrected chi connectivity index (χ1v) is 14.3. The average Bonchev–Trinajstić information content (AvgIpc) is 3.26. The number of aromatic nitrogens is 2. The van der Waals surface area contributed by atoms with Crippen molar-refractivity contribution in [1.82, 2.24) is 14.0 Å². The summed E-state index contributed by atoms with van der Waals surface area (Å²) in [7, 11) is 0. The fourth-order valence-electron chi connectivity index (χ4n) is 5.19. The molecule has 5 rings (SSSR count). The smallest absolute Gasteiger partial charge is 0.333 e. The lowest BCUT2D eigenvalue weighted by Crippen LogP contribution is -2.41. The number of ether oxygens (including phenoxy) is 1. The lowest BCUT2D eigenvalue weighted by Gasteiger charge is -2.28. The van der Waals surface area contributed by atoms with E-state index in [-0.39, 0.29) is 53.9 Å². The van der Waals surface area contributed by atoms with E-state index in [0.717, 1.165) is 5.56 Å². The summed E-state index contributed by atoms with van der Waals surface area (Å²) < 4.78 is 8.86. The molecule has 1 aliphatic heterocycles. The third-order valence-electron chi connectivity index (χ3n) is 7.22. The van der Waals surface area contributed by atoms with E-state index in [9.17, 15) is 14.4 Å². The van der Waals surface area contributed by atoms with E-state index < -0.39 is 0 Å². The summed E-state index contributed by atoms with van der Waals surface area (Å²) in [5.74, 6) is 0.187. The zero-order valence-corrected chi connectivity index (χ0v) is 24.7. The van der Waals surface area contributed by atoms with Crippen molar-refractivity contribution in [3.63, 3.8) is 0 Å². The average molecular weight is 593 g/mol. The number of ketones is 1. The number of hydrogen-bond acceptors (Lipinski definition) is 4. The maximum Gasteiger partial charge on any atom is 0.333 e. The predicted molar refractivity (Wildman–Crippen MR) is 161 cm³/mol. The molecule has 3 aromatic carbocycles. The van der Waals surface area contributed by atoms with Crippen molar-refractivity contribution < 1.29 is 14.3 Å². The number of halogens is 2. The van der Waals surface area contributed by atoms with E-state index in [2.05, 4.69) is 0 Å². The minimum atomic E-state index is -0.310. The summed E-state index contributed by atoms with van der Waals surface area (Å²) >= 11 is 12.2. The second-order valence-electron chi connectivity index (χ2n) is 10.5. The summed E-state index contributed by atoms with van der Waals surface area (Å²) in [5.41, 5.74) is 2.49. The zero-order chi connectivity index (χ0) is 29.3. The van der Waals surface area contributed by atoms with Gasteiger partial charge in [0.2, 0.25) is 0 Å². The van der Waals surface area contributed by atoms with Crippen LogP contribution in [0, 0.1) is 0 Å². The van der Waals surface area contributed by atoms with Gasteiger partial charge in [-0.15, -0.1) is 0 Å². The number of hydrogen-bond donors (Lipinski definition) is 0. The van der Waals surface area contributed by atoms with Crippen LogP contribution in [0.2, 0.25) is 10.0 Å². The van der Waals surface area contributed by atoms with E-state index in [4.69, 9.17) is 27.9 Å². The van der Waals surface area contributed by atoms with Crippen LogP contribution >= 0.6 is 23.2 Å². The first-order chi connectivity index (χ1) is 19.6. The third-order valence-corrected chi connectivity index (χ3v) is 7.96. The number of Topliss-reactive ketones (excluding diaryl/α,β-unsaturated/α-hetero) is 1. The van der Waals surface area contributed by atoms with Crippen molar-refractivity contribution in [2.45, 2.75) is 52.3 Å². The molecule has 0 N–H and O–H groups in total. The predicted octanol–water partition coefficient (Wildman–Crippen LogP) is 6.77. The number of rotatable bonds is 8. The van der Waals surface area contributed by atoms with Crippen LogP contribution in [-0.2, 0) is 13.1 Å². The van der Waals surface area contributed by atoms with Crippen LogP contribution < -0.4 is 10.4 Å². The van der Waals surface area contributed by atoms with E-state index in [0.29, 0.717) is 40.0 Å². The Morgan fingerprint density at radius 2 is 1.61 bits per heavy atom. The minimum absolute atomic E-state index is 0.000946. The summed E-state index contributed by atoms with van der Waals surface area (Å²) in [4.78, 5) is 42.9. The van der Waals surface area contributed by atoms with Crippen LogP contribution in [0.1, 0.15) is 65.2 Å². The third kappa shape index (κ3) is 5.97. The number of nitrogens with zero attached hydrogens (tertiary/aromatic N) is 3. The van der Waals surface area contributed by atoms with Crippen molar-refractivity contribution in [3.8, 4) is 11.4 Å². The molecule has 0 bridgehead atoms. The molecular formula is C32H31Cl2N3O4. The Hall–Kier alpha value is -3.81. The van der Waals surface area contributed by atoms with E-state index in [1.54, 1.807) is 45.9 Å². The Morgan fingerprint density at radius 3 is 2.27 bits per heavy atom. The monoisotopic (exact) mass is 591 g/mol. The molecule has 1 aliphatic rings. The Bertz CT molecular complexity index is 1640. The first kappa shape index (κ1) is 28.7. The number of benzene rings is 3. The molecule has 0 unspecified atom stereocenters. The van der Waals surface area contributed by atoms with Gasteiger partial charge in [-0.05, 0) is 67.8 Å². The summed E-state index contributed by atoms with van der Waals surface area (Å²) in [5, 5.41) is 0.645. The lowest BCUT2D eigenvalue weighted by molar-refractivity contribution is 0.0706. The zero-order valence-electron chi connectivity index (χ0n) is 23.1. The molecule has 4 aromatic rings. The molecule has 0 fully saturated rings. The molecule has 1 atom stereocenters. The van der Waals surface area contributed by atoms with Crippen molar-refractivity contribution in [2.24, 2.45) is 0 Å². The Morgan fingerprint density at radius 1 is 0.902 bits per heavy atom. The van der Waals surface area contributed by atoms with Gasteiger partial charge in [-0.3, -0.25) is 18.7 Å². The molecule has 1 amide bonds. The van der Waals surface area contributed by atoms with E-state index in [1.807, 2.05) is 51.1 Å². The molecule has 2 heterocycles. The van der Waals surface area contributed by atoms with Crippen molar-refractivity contribution in [3.05, 3.63) is 116 Å². The first-order valence-electron chi connectivity index (χ1n) is 13.6. The number of fused-ring (bicyclic) bond motifs is 1. The highest BCUT2D eigenvalue weighted by atomic mass is 35.5. The van der Waals surface area contributed by atoms with Crippen LogP contribution in [0.4, 0.5) is 0 Å². The Balaban J connectivity index is 1.55. The van der Waals surface area contributed by atoms with Crippen LogP contribution in [0.25, 0.3) is 5.69 Å². The number of amides is 1. The molecular weight excluding hydrogens is 561 g/mol. The molecule has 212 valence electrons. The molecule has 7 nitrogen and oxygen atoms in total. The van der Waals surface area contributed by atoms with Crippen LogP contribution in [0.3, 0.4) is 0 Å². The van der Waals surface area contributed by atoms with Crippen molar-refractivity contribution in [1.29, 1.82) is 0 Å². The summed E-state index contributed by atoms with van der Waals surface area (Å²) in [6.07, 6.45) is 0.205. The summed E-state index contributed by atoms with van der Waals surface area (Å²) in [6.45, 7) is 6.56. The maximum absolute atomic E-state index is 14.0. The molecule has 1 aromatic heterocycles. The molecule has 9 heteroatoms. The SMILES string of the molecule is CC(C)Oc1ccc(-n2c(C(=O)C[C@@H](C)c3ccccc3)c3n(c2=O)CCN(C(=O)c2ccc(Cl)c(Cl)c2)C3)cc1. The normalized spacial score (nSPS) is 13.7. The van der Waals surface area contributed by atoms with Gasteiger partial charge in [0.25, 0.3) is 5.91 Å². The van der Waals surface area contributed by atoms with Crippen molar-refractivity contribution >= 4 is 34.9 Å². The molecule has 0 saturated carbocycles. The quantitative estimate of drug-likeness (QED) is 0.212. The topological polar surface area (TPSA) is 73.5 Å². The van der Waals surface area contributed by atoms with Crippen LogP contribution in [-0.4, -0.2) is 38.4 Å². The molecule has 41 heavy (non-hydrogen) atoms. The fraction of sp³-hybridized carbons (Fsp3) is 0.281. The van der Waals surface area contributed by atoms with Gasteiger partial charge >= 0.3 is 5.69 Å². The van der Waals surface area contributed by atoms with Gasteiger partial charge in [-0.25, -0.2) is 4.79 Å². The summed E-state index contributed by atoms with van der Waals surface area (Å²) in [6, 6.07) is 21.7. The highest BCUT2D eigenvalue weighted by Gasteiger charge is 2.32. The number of carbonyl (C=O) groups excluding carboxylic acids is 2. The molecule has 0 aliphatic carbocycles. The van der Waals surface area contributed by atoms with Crippen molar-refractivity contribution in [2.75, 3.05) is 6.54 Å². The van der Waals surface area contributed by atoms with Gasteiger partial charge in [0.05, 0.1) is 34.1 Å². The van der Waals surface area contributed by atoms with Gasteiger partial charge in [0.1, 0.15) is 11.4 Å². The van der Waals surface area contributed by atoms with Gasteiger partial charge < -0.3 is 9.64 Å². The highest BCUT2D eigenvalue weighted by molar-refractivity contribution is 6.42. The second-order valence-corrected chi connectivity index (χ2v) is 11.3. The van der Waals surface area contributed by atoms with Gasteiger partial charge in [-0.1, -0.05) is 60.5 Å². The van der Waals surface area contributed by atoms with Crippen LogP contribution in [0.5, 0.6) is 5.75 Å². The second kappa shape index (κ2) is 12.0. The Kier molecular flexibility index (Phi) is 8.38. The lowest BCUT2D eigenvalue weighted by atomic mass is 9.94. The van der Waals surface area contributed by atoms with Gasteiger partial charge in [0.15, 0.2) is 5.78 Å². The van der Waals surface area contributed by atoms with Crippen LogP contribution in [0.15, 0.2) is 77.6 Å². The standard InChI is InChI=1S/C32H31Cl2N3O4/c1-20(2)41-25-12-10-24(11-13-25)37-30(29(38)17-21(3)22-7-5-4-6-8-22)28-19-35(15-16-36(28)32(37)40)31(39)23-9-14-26(33)27(34)18-23/h4-14,18,20-21H,15-17,19H2,1-3H3/t21-/m1/s1. The maximum atomic E-state index is 14.0. The Labute approximate surface area is 248 Å². The van der Waals surface area contributed by atoms with Gasteiger partial charge in [-0.2, -0.15) is 0 Å². The molecule has 0 spiro atoms. The highest BCUT2D eigenvalue weighted by Crippen LogP contribution is 2.28. The number of carbonyl (C=O) groups is 2. The largest absolute Gasteiger partial charge is 0.491 e. The number of imidazole rings is 1. The molecule has 0 radical (unpaired) electrons. The molecule has 0 saturated heterocycles. The minimum Gasteiger partial charge on any atom is -0.491 e.